The minimum atomic E-state index is -0.486. The lowest BCUT2D eigenvalue weighted by Gasteiger charge is -2.08. The van der Waals surface area contributed by atoms with Crippen LogP contribution in [0.4, 0.5) is 11.5 Å². The molecular formula is C14H10ClN5O. The van der Waals surface area contributed by atoms with Gasteiger partial charge < -0.3 is 11.1 Å². The number of nitrogens with one attached hydrogen (secondary N) is 1. The van der Waals surface area contributed by atoms with E-state index in [0.717, 1.165) is 0 Å². The van der Waals surface area contributed by atoms with Crippen LogP contribution in [0.3, 0.4) is 0 Å². The molecule has 1 amide bonds. The maximum Gasteiger partial charge on any atom is 0.277 e. The summed E-state index contributed by atoms with van der Waals surface area (Å²) < 4.78 is 0. The summed E-state index contributed by atoms with van der Waals surface area (Å²) in [4.78, 5) is 24.5. The molecule has 0 saturated heterocycles. The molecule has 0 aliphatic rings. The van der Waals surface area contributed by atoms with Gasteiger partial charge in [0.15, 0.2) is 16.7 Å². The Hall–Kier alpha value is -2.73. The van der Waals surface area contributed by atoms with Crippen LogP contribution in [-0.4, -0.2) is 20.9 Å². The highest BCUT2D eigenvalue weighted by Gasteiger charge is 2.15. The second kappa shape index (κ2) is 5.34. The number of para-hydroxylation sites is 2. The first-order valence-electron chi connectivity index (χ1n) is 6.09. The molecule has 0 atom stereocenters. The predicted octanol–water partition coefficient (Wildman–Crippen LogP) is 2.51. The van der Waals surface area contributed by atoms with Gasteiger partial charge in [0.05, 0.1) is 16.7 Å². The van der Waals surface area contributed by atoms with Crippen molar-refractivity contribution >= 4 is 40.0 Å². The molecule has 0 bridgehead atoms. The normalized spacial score (nSPS) is 10.5. The number of anilines is 2. The third-order valence-electron chi connectivity index (χ3n) is 2.81. The zero-order valence-corrected chi connectivity index (χ0v) is 11.5. The molecule has 0 fully saturated rings. The lowest BCUT2D eigenvalue weighted by atomic mass is 10.3. The Balaban J connectivity index is 1.96. The molecule has 21 heavy (non-hydrogen) atoms. The zero-order chi connectivity index (χ0) is 14.8. The number of halogens is 1. The highest BCUT2D eigenvalue weighted by atomic mass is 35.5. The number of amides is 1. The third kappa shape index (κ3) is 2.61. The number of hydrogen-bond donors (Lipinski definition) is 2. The molecule has 0 aliphatic carbocycles. The van der Waals surface area contributed by atoms with E-state index in [2.05, 4.69) is 20.3 Å². The fourth-order valence-electron chi connectivity index (χ4n) is 1.83. The number of nitrogens with zero attached hydrogens (tertiary/aromatic N) is 3. The summed E-state index contributed by atoms with van der Waals surface area (Å²) in [5.74, 6) is -0.315. The number of rotatable bonds is 2. The van der Waals surface area contributed by atoms with Gasteiger partial charge in [-0.1, -0.05) is 23.7 Å². The van der Waals surface area contributed by atoms with E-state index in [1.807, 2.05) is 12.1 Å². The number of carbonyl (C=O) groups is 1. The molecule has 0 unspecified atom stereocenters. The van der Waals surface area contributed by atoms with Crippen molar-refractivity contribution in [3.63, 3.8) is 0 Å². The molecule has 0 radical (unpaired) electrons. The summed E-state index contributed by atoms with van der Waals surface area (Å²) in [6, 6.07) is 10.5. The molecule has 3 N–H and O–H groups in total. The summed E-state index contributed by atoms with van der Waals surface area (Å²) in [5, 5.41) is 2.68. The van der Waals surface area contributed by atoms with E-state index in [1.165, 1.54) is 6.20 Å². The number of fused-ring (bicyclic) bond motifs is 1. The van der Waals surface area contributed by atoms with Crippen LogP contribution in [0.2, 0.25) is 5.15 Å². The van der Waals surface area contributed by atoms with Crippen LogP contribution >= 0.6 is 11.6 Å². The van der Waals surface area contributed by atoms with Gasteiger partial charge in [-0.2, -0.15) is 0 Å². The minimum Gasteiger partial charge on any atom is -0.397 e. The average Bonchev–Trinajstić information content (AvgIpc) is 2.48. The molecule has 0 saturated carbocycles. The first-order chi connectivity index (χ1) is 10.1. The largest absolute Gasteiger partial charge is 0.397 e. The van der Waals surface area contributed by atoms with Crippen LogP contribution in [0.15, 0.2) is 42.6 Å². The Morgan fingerprint density at radius 2 is 1.81 bits per heavy atom. The lowest BCUT2D eigenvalue weighted by Crippen LogP contribution is -2.17. The molecule has 104 valence electrons. The smallest absolute Gasteiger partial charge is 0.277 e. The SMILES string of the molecule is Nc1cccnc1C(=O)Nc1nc2ccccc2nc1Cl. The molecule has 1 aromatic carbocycles. The van der Waals surface area contributed by atoms with Gasteiger partial charge in [0.2, 0.25) is 0 Å². The first-order valence-corrected chi connectivity index (χ1v) is 6.47. The quantitative estimate of drug-likeness (QED) is 0.758. The molecule has 7 heteroatoms. The van der Waals surface area contributed by atoms with E-state index in [0.29, 0.717) is 11.0 Å². The number of nitrogens with two attached hydrogens (primary N) is 1. The van der Waals surface area contributed by atoms with Crippen LogP contribution < -0.4 is 11.1 Å². The van der Waals surface area contributed by atoms with Crippen LogP contribution in [0.1, 0.15) is 10.5 Å². The van der Waals surface area contributed by atoms with Crippen molar-refractivity contribution < 1.29 is 4.79 Å². The molecule has 6 nitrogen and oxygen atoms in total. The van der Waals surface area contributed by atoms with Crippen LogP contribution in [0, 0.1) is 0 Å². The summed E-state index contributed by atoms with van der Waals surface area (Å²) >= 11 is 6.03. The van der Waals surface area contributed by atoms with Crippen LogP contribution in [0.5, 0.6) is 0 Å². The van der Waals surface area contributed by atoms with E-state index in [1.54, 1.807) is 24.3 Å². The molecule has 2 heterocycles. The molecule has 0 aliphatic heterocycles. The van der Waals surface area contributed by atoms with Crippen molar-refractivity contribution in [1.82, 2.24) is 15.0 Å². The van der Waals surface area contributed by atoms with Crippen LogP contribution in [0.25, 0.3) is 11.0 Å². The maximum absolute atomic E-state index is 12.1. The number of carbonyl (C=O) groups excluding carboxylic acids is 1. The Labute approximate surface area is 125 Å². The van der Waals surface area contributed by atoms with E-state index in [-0.39, 0.29) is 22.4 Å². The highest BCUT2D eigenvalue weighted by Crippen LogP contribution is 2.21. The Bertz CT molecular complexity index is 836. The Morgan fingerprint density at radius 1 is 1.10 bits per heavy atom. The average molecular weight is 300 g/mol. The van der Waals surface area contributed by atoms with Gasteiger partial charge in [-0.25, -0.2) is 15.0 Å². The summed E-state index contributed by atoms with van der Waals surface area (Å²) in [6.07, 6.45) is 1.49. The van der Waals surface area contributed by atoms with Crippen molar-refractivity contribution in [3.8, 4) is 0 Å². The van der Waals surface area contributed by atoms with Crippen molar-refractivity contribution in [2.24, 2.45) is 0 Å². The molecule has 3 aromatic rings. The van der Waals surface area contributed by atoms with Gasteiger partial charge in [-0.3, -0.25) is 4.79 Å². The number of benzene rings is 1. The van der Waals surface area contributed by atoms with Gasteiger partial charge in [-0.15, -0.1) is 0 Å². The van der Waals surface area contributed by atoms with E-state index >= 15 is 0 Å². The van der Waals surface area contributed by atoms with Gasteiger partial charge in [0.1, 0.15) is 0 Å². The topological polar surface area (TPSA) is 93.8 Å². The fraction of sp³-hybridized carbons (Fsp3) is 0. The van der Waals surface area contributed by atoms with Crippen molar-refractivity contribution in [2.45, 2.75) is 0 Å². The monoisotopic (exact) mass is 299 g/mol. The maximum atomic E-state index is 12.1. The van der Waals surface area contributed by atoms with Gasteiger partial charge in [-0.05, 0) is 24.3 Å². The Morgan fingerprint density at radius 3 is 2.52 bits per heavy atom. The number of aromatic nitrogens is 3. The number of pyridine rings is 1. The summed E-state index contributed by atoms with van der Waals surface area (Å²) in [5.41, 5.74) is 7.38. The van der Waals surface area contributed by atoms with Gasteiger partial charge in [0.25, 0.3) is 5.91 Å². The van der Waals surface area contributed by atoms with E-state index in [9.17, 15) is 4.79 Å². The molecule has 3 rings (SSSR count). The second-order valence-electron chi connectivity index (χ2n) is 4.25. The summed E-state index contributed by atoms with van der Waals surface area (Å²) in [6.45, 7) is 0. The van der Waals surface area contributed by atoms with E-state index < -0.39 is 5.91 Å². The van der Waals surface area contributed by atoms with Gasteiger partial charge >= 0.3 is 0 Å². The van der Waals surface area contributed by atoms with Crippen LogP contribution in [-0.2, 0) is 0 Å². The first kappa shape index (κ1) is 13.3. The third-order valence-corrected chi connectivity index (χ3v) is 3.08. The second-order valence-corrected chi connectivity index (χ2v) is 4.61. The van der Waals surface area contributed by atoms with Crippen molar-refractivity contribution in [3.05, 3.63) is 53.4 Å². The summed E-state index contributed by atoms with van der Waals surface area (Å²) in [7, 11) is 0. The number of nitrogen functional groups attached to an aromatic ring is 1. The standard InChI is InChI=1S/C14H10ClN5O/c15-12-13(19-10-6-2-1-5-9(10)18-12)20-14(21)11-8(16)4-3-7-17-11/h1-7H,16H2,(H,19,20,21). The molecular weight excluding hydrogens is 290 g/mol. The Kier molecular flexibility index (Phi) is 3.37. The van der Waals surface area contributed by atoms with Crippen molar-refractivity contribution in [2.75, 3.05) is 11.1 Å². The molecule has 0 spiro atoms. The molecule has 2 aromatic heterocycles. The van der Waals surface area contributed by atoms with E-state index in [4.69, 9.17) is 17.3 Å². The minimum absolute atomic E-state index is 0.108. The van der Waals surface area contributed by atoms with Gasteiger partial charge in [0, 0.05) is 6.20 Å². The van der Waals surface area contributed by atoms with Crippen molar-refractivity contribution in [1.29, 1.82) is 0 Å². The fourth-order valence-corrected chi connectivity index (χ4v) is 2.01. The lowest BCUT2D eigenvalue weighted by molar-refractivity contribution is 0.102. The zero-order valence-electron chi connectivity index (χ0n) is 10.7. The predicted molar refractivity (Wildman–Crippen MR) is 81.2 cm³/mol. The highest BCUT2D eigenvalue weighted by molar-refractivity contribution is 6.32. The number of hydrogen-bond acceptors (Lipinski definition) is 5.